The molecule has 0 aromatic heterocycles. The Kier molecular flexibility index (Phi) is 6.51. The standard InChI is InChI=1S/C22H25ClFNO2/c1-14-3-4-15(16-5-10-20(23)21(24)12-16)11-17(14)13-22(26)25-18-6-8-19(27-2)9-7-18/h3-5,10-12,18-19H,6-9,13H2,1-2H3,(H,25,26). The van der Waals surface area contributed by atoms with Crippen LogP contribution in [0, 0.1) is 12.7 Å². The molecule has 0 spiro atoms. The summed E-state index contributed by atoms with van der Waals surface area (Å²) in [6, 6.07) is 10.8. The Hall–Kier alpha value is -1.91. The second kappa shape index (κ2) is 8.85. The van der Waals surface area contributed by atoms with Gasteiger partial charge in [0.25, 0.3) is 0 Å². The lowest BCUT2D eigenvalue weighted by atomic mass is 9.92. The molecule has 0 saturated heterocycles. The lowest BCUT2D eigenvalue weighted by molar-refractivity contribution is -0.121. The van der Waals surface area contributed by atoms with Gasteiger partial charge in [0.15, 0.2) is 0 Å². The first-order valence-corrected chi connectivity index (χ1v) is 9.71. The van der Waals surface area contributed by atoms with Crippen LogP contribution in [0.4, 0.5) is 4.39 Å². The molecule has 1 aliphatic rings. The summed E-state index contributed by atoms with van der Waals surface area (Å²) in [5.74, 6) is -0.418. The molecule has 0 radical (unpaired) electrons. The normalized spacial score (nSPS) is 19.7. The van der Waals surface area contributed by atoms with Gasteiger partial charge in [0.1, 0.15) is 5.82 Å². The van der Waals surface area contributed by atoms with Crippen molar-refractivity contribution in [3.05, 3.63) is 58.4 Å². The zero-order valence-electron chi connectivity index (χ0n) is 15.7. The number of nitrogens with one attached hydrogen (secondary N) is 1. The molecule has 1 fully saturated rings. The van der Waals surface area contributed by atoms with Crippen LogP contribution in [0.15, 0.2) is 36.4 Å². The molecule has 3 rings (SSSR count). The molecule has 1 saturated carbocycles. The Morgan fingerprint density at radius 1 is 1.15 bits per heavy atom. The average molecular weight is 390 g/mol. The van der Waals surface area contributed by atoms with Crippen LogP contribution in [0.25, 0.3) is 11.1 Å². The quantitative estimate of drug-likeness (QED) is 0.775. The first kappa shape index (κ1) is 19.8. The van der Waals surface area contributed by atoms with Gasteiger partial charge in [-0.3, -0.25) is 4.79 Å². The minimum atomic E-state index is -0.444. The maximum Gasteiger partial charge on any atom is 0.224 e. The van der Waals surface area contributed by atoms with E-state index >= 15 is 0 Å². The van der Waals surface area contributed by atoms with Crippen molar-refractivity contribution >= 4 is 17.5 Å². The van der Waals surface area contributed by atoms with Gasteiger partial charge in [-0.25, -0.2) is 4.39 Å². The topological polar surface area (TPSA) is 38.3 Å². The van der Waals surface area contributed by atoms with Crippen LogP contribution in [0.1, 0.15) is 36.8 Å². The van der Waals surface area contributed by atoms with Crippen molar-refractivity contribution in [1.29, 1.82) is 0 Å². The van der Waals surface area contributed by atoms with Crippen molar-refractivity contribution in [3.63, 3.8) is 0 Å². The van der Waals surface area contributed by atoms with Gasteiger partial charge in [-0.1, -0.05) is 35.9 Å². The molecule has 144 valence electrons. The summed E-state index contributed by atoms with van der Waals surface area (Å²) in [4.78, 5) is 12.5. The molecule has 2 aromatic rings. The fourth-order valence-electron chi connectivity index (χ4n) is 3.61. The van der Waals surface area contributed by atoms with Gasteiger partial charge in [0.2, 0.25) is 5.91 Å². The molecule has 0 atom stereocenters. The summed E-state index contributed by atoms with van der Waals surface area (Å²) in [6.45, 7) is 1.98. The van der Waals surface area contributed by atoms with Crippen LogP contribution in [0.5, 0.6) is 0 Å². The summed E-state index contributed by atoms with van der Waals surface area (Å²) in [6.07, 6.45) is 4.51. The van der Waals surface area contributed by atoms with Crippen LogP contribution < -0.4 is 5.32 Å². The van der Waals surface area contributed by atoms with Gasteiger partial charge >= 0.3 is 0 Å². The fraction of sp³-hybridized carbons (Fsp3) is 0.409. The van der Waals surface area contributed by atoms with E-state index in [1.54, 1.807) is 19.2 Å². The van der Waals surface area contributed by atoms with E-state index in [0.29, 0.717) is 12.5 Å². The number of rotatable bonds is 5. The third-order valence-corrected chi connectivity index (χ3v) is 5.63. The number of aryl methyl sites for hydroxylation is 1. The van der Waals surface area contributed by atoms with Gasteiger partial charge in [-0.05, 0) is 67.0 Å². The molecule has 1 amide bonds. The van der Waals surface area contributed by atoms with Gasteiger partial charge in [0, 0.05) is 13.2 Å². The molecule has 3 nitrogen and oxygen atoms in total. The molecule has 0 bridgehead atoms. The summed E-state index contributed by atoms with van der Waals surface area (Å²) in [5, 5.41) is 3.25. The van der Waals surface area contributed by atoms with Crippen LogP contribution >= 0.6 is 11.6 Å². The number of halogens is 2. The van der Waals surface area contributed by atoms with Crippen molar-refractivity contribution < 1.29 is 13.9 Å². The Balaban J connectivity index is 1.67. The maximum atomic E-state index is 13.8. The monoisotopic (exact) mass is 389 g/mol. The number of ether oxygens (including phenoxy) is 1. The van der Waals surface area contributed by atoms with Gasteiger partial charge in [-0.2, -0.15) is 0 Å². The van der Waals surface area contributed by atoms with E-state index in [-0.39, 0.29) is 17.0 Å². The van der Waals surface area contributed by atoms with Crippen LogP contribution in [0.2, 0.25) is 5.02 Å². The Bertz CT molecular complexity index is 816. The molecule has 0 unspecified atom stereocenters. The number of methoxy groups -OCH3 is 1. The van der Waals surface area contributed by atoms with E-state index in [1.165, 1.54) is 6.07 Å². The van der Waals surface area contributed by atoms with Crippen molar-refractivity contribution in [2.24, 2.45) is 0 Å². The highest BCUT2D eigenvalue weighted by molar-refractivity contribution is 6.30. The fourth-order valence-corrected chi connectivity index (χ4v) is 3.73. The predicted molar refractivity (Wildman–Crippen MR) is 106 cm³/mol. The summed E-state index contributed by atoms with van der Waals surface area (Å²) in [5.41, 5.74) is 3.62. The molecule has 5 heteroatoms. The van der Waals surface area contributed by atoms with E-state index in [9.17, 15) is 9.18 Å². The first-order chi connectivity index (χ1) is 13.0. The van der Waals surface area contributed by atoms with Crippen LogP contribution in [-0.4, -0.2) is 25.2 Å². The molecule has 0 aliphatic heterocycles. The molecular weight excluding hydrogens is 365 g/mol. The molecule has 27 heavy (non-hydrogen) atoms. The SMILES string of the molecule is COC1CCC(NC(=O)Cc2cc(-c3ccc(Cl)c(F)c3)ccc2C)CC1. The Morgan fingerprint density at radius 2 is 1.81 bits per heavy atom. The zero-order valence-corrected chi connectivity index (χ0v) is 16.5. The van der Waals surface area contributed by atoms with Gasteiger partial charge in [0.05, 0.1) is 17.5 Å². The molecular formula is C22H25ClFNO2. The van der Waals surface area contributed by atoms with E-state index < -0.39 is 5.82 Å². The average Bonchev–Trinajstić information content (AvgIpc) is 2.66. The van der Waals surface area contributed by atoms with Gasteiger partial charge < -0.3 is 10.1 Å². The van der Waals surface area contributed by atoms with E-state index in [0.717, 1.165) is 47.9 Å². The van der Waals surface area contributed by atoms with E-state index in [4.69, 9.17) is 16.3 Å². The second-order valence-electron chi connectivity index (χ2n) is 7.22. The number of amides is 1. The lowest BCUT2D eigenvalue weighted by Gasteiger charge is -2.28. The lowest BCUT2D eigenvalue weighted by Crippen LogP contribution is -2.39. The highest BCUT2D eigenvalue weighted by Crippen LogP contribution is 2.26. The summed E-state index contributed by atoms with van der Waals surface area (Å²) < 4.78 is 19.1. The van der Waals surface area contributed by atoms with Crippen molar-refractivity contribution in [2.75, 3.05) is 7.11 Å². The minimum Gasteiger partial charge on any atom is -0.381 e. The number of carbonyl (C=O) groups is 1. The first-order valence-electron chi connectivity index (χ1n) is 9.33. The molecule has 0 heterocycles. The van der Waals surface area contributed by atoms with Crippen LogP contribution in [0.3, 0.4) is 0 Å². The van der Waals surface area contributed by atoms with Crippen LogP contribution in [-0.2, 0) is 16.0 Å². The number of benzene rings is 2. The predicted octanol–water partition coefficient (Wildman–Crippen LogP) is 5.07. The molecule has 1 aliphatic carbocycles. The van der Waals surface area contributed by atoms with Crippen molar-refractivity contribution in [1.82, 2.24) is 5.32 Å². The Morgan fingerprint density at radius 3 is 2.48 bits per heavy atom. The van der Waals surface area contributed by atoms with Crippen molar-refractivity contribution in [3.8, 4) is 11.1 Å². The summed E-state index contributed by atoms with van der Waals surface area (Å²) in [7, 11) is 1.74. The third kappa shape index (κ3) is 5.08. The zero-order chi connectivity index (χ0) is 19.4. The Labute approximate surface area is 164 Å². The van der Waals surface area contributed by atoms with E-state index in [2.05, 4.69) is 5.32 Å². The maximum absolute atomic E-state index is 13.8. The largest absolute Gasteiger partial charge is 0.381 e. The van der Waals surface area contributed by atoms with E-state index in [1.807, 2.05) is 25.1 Å². The van der Waals surface area contributed by atoms with Gasteiger partial charge in [-0.15, -0.1) is 0 Å². The number of hydrogen-bond acceptors (Lipinski definition) is 2. The molecule has 2 aromatic carbocycles. The smallest absolute Gasteiger partial charge is 0.224 e. The second-order valence-corrected chi connectivity index (χ2v) is 7.63. The molecule has 1 N–H and O–H groups in total. The number of carbonyl (C=O) groups excluding carboxylic acids is 1. The van der Waals surface area contributed by atoms with Crippen molar-refractivity contribution in [2.45, 2.75) is 51.2 Å². The third-order valence-electron chi connectivity index (χ3n) is 5.33. The highest BCUT2D eigenvalue weighted by atomic mass is 35.5. The number of hydrogen-bond donors (Lipinski definition) is 1. The highest BCUT2D eigenvalue weighted by Gasteiger charge is 2.22. The minimum absolute atomic E-state index is 0.0263. The summed E-state index contributed by atoms with van der Waals surface area (Å²) >= 11 is 5.77.